The fourth-order valence-electron chi connectivity index (χ4n) is 3.66. The number of hydrogen-bond donors (Lipinski definition) is 0. The lowest BCUT2D eigenvalue weighted by Crippen LogP contribution is -2.27. The normalized spacial score (nSPS) is 14.2. The first kappa shape index (κ1) is 20.6. The summed E-state index contributed by atoms with van der Waals surface area (Å²) in [4.78, 5) is 16.9. The predicted molar refractivity (Wildman–Crippen MR) is 120 cm³/mol. The van der Waals surface area contributed by atoms with Gasteiger partial charge in [0.2, 0.25) is 5.91 Å². The van der Waals surface area contributed by atoms with E-state index < -0.39 is 0 Å². The molecule has 0 bridgehead atoms. The highest BCUT2D eigenvalue weighted by Gasteiger charge is 2.20. The fraction of sp³-hybridized carbons (Fsp3) is 0.348. The summed E-state index contributed by atoms with van der Waals surface area (Å²) in [5, 5.41) is 9.66. The molecule has 6 nitrogen and oxygen atoms in total. The van der Waals surface area contributed by atoms with Crippen LogP contribution in [-0.2, 0) is 17.9 Å². The molecule has 30 heavy (non-hydrogen) atoms. The maximum Gasteiger partial charge on any atom is 0.233 e. The van der Waals surface area contributed by atoms with Gasteiger partial charge in [-0.1, -0.05) is 60.3 Å². The molecule has 7 heteroatoms. The summed E-state index contributed by atoms with van der Waals surface area (Å²) >= 11 is 1.45. The molecular formula is C23H27N5OS. The van der Waals surface area contributed by atoms with E-state index in [-0.39, 0.29) is 5.91 Å². The van der Waals surface area contributed by atoms with Crippen LogP contribution in [0.4, 0.5) is 0 Å². The number of thioether (sulfide) groups is 1. The number of para-hydroxylation sites is 1. The summed E-state index contributed by atoms with van der Waals surface area (Å²) < 4.78 is 2.09. The van der Waals surface area contributed by atoms with Crippen LogP contribution in [0.1, 0.15) is 24.2 Å². The molecule has 2 aromatic carbocycles. The zero-order valence-electron chi connectivity index (χ0n) is 17.3. The van der Waals surface area contributed by atoms with Crippen LogP contribution >= 0.6 is 11.8 Å². The van der Waals surface area contributed by atoms with Gasteiger partial charge in [0.1, 0.15) is 0 Å². The van der Waals surface area contributed by atoms with Crippen LogP contribution in [0.2, 0.25) is 0 Å². The van der Waals surface area contributed by atoms with Crippen molar-refractivity contribution in [1.82, 2.24) is 24.6 Å². The van der Waals surface area contributed by atoms with Crippen LogP contribution in [0.3, 0.4) is 0 Å². The Balaban J connectivity index is 1.46. The van der Waals surface area contributed by atoms with Gasteiger partial charge >= 0.3 is 0 Å². The quantitative estimate of drug-likeness (QED) is 0.520. The van der Waals surface area contributed by atoms with Crippen molar-refractivity contribution in [1.29, 1.82) is 0 Å². The Bertz CT molecular complexity index is 954. The predicted octanol–water partition coefficient (Wildman–Crippen LogP) is 3.61. The Morgan fingerprint density at radius 1 is 1.00 bits per heavy atom. The monoisotopic (exact) mass is 421 g/mol. The van der Waals surface area contributed by atoms with E-state index in [0.29, 0.717) is 12.3 Å². The topological polar surface area (TPSA) is 54.3 Å². The van der Waals surface area contributed by atoms with E-state index in [0.717, 1.165) is 41.9 Å². The van der Waals surface area contributed by atoms with Gasteiger partial charge in [-0.2, -0.15) is 0 Å². The molecular weight excluding hydrogens is 394 g/mol. The molecule has 0 saturated carbocycles. The Labute approximate surface area is 181 Å². The van der Waals surface area contributed by atoms with Crippen LogP contribution < -0.4 is 0 Å². The van der Waals surface area contributed by atoms with Gasteiger partial charge in [-0.25, -0.2) is 0 Å². The lowest BCUT2D eigenvalue weighted by Gasteiger charge is -2.18. The van der Waals surface area contributed by atoms with Crippen molar-refractivity contribution in [3.63, 3.8) is 0 Å². The van der Waals surface area contributed by atoms with Crippen molar-refractivity contribution < 1.29 is 4.79 Å². The van der Waals surface area contributed by atoms with Crippen LogP contribution in [0.15, 0.2) is 65.8 Å². The van der Waals surface area contributed by atoms with Gasteiger partial charge in [0.25, 0.3) is 0 Å². The summed E-state index contributed by atoms with van der Waals surface area (Å²) in [5.41, 5.74) is 2.16. The summed E-state index contributed by atoms with van der Waals surface area (Å²) in [6.45, 7) is 3.59. The standard InChI is InChI=1S/C23H27N5OS/c1-26(16-19-10-4-2-5-11-19)22(29)18-30-23-25-24-21(17-27-14-8-9-15-27)28(23)20-12-6-3-7-13-20/h2-7,10-13H,8-9,14-18H2,1H3. The smallest absolute Gasteiger partial charge is 0.233 e. The summed E-state index contributed by atoms with van der Waals surface area (Å²) in [6.07, 6.45) is 2.48. The van der Waals surface area contributed by atoms with Crippen molar-refractivity contribution in [3.8, 4) is 5.69 Å². The molecule has 2 heterocycles. The van der Waals surface area contributed by atoms with Gasteiger partial charge in [0.15, 0.2) is 11.0 Å². The molecule has 0 spiro atoms. The van der Waals surface area contributed by atoms with Crippen molar-refractivity contribution in [2.24, 2.45) is 0 Å². The van der Waals surface area contributed by atoms with Crippen molar-refractivity contribution >= 4 is 17.7 Å². The highest BCUT2D eigenvalue weighted by atomic mass is 32.2. The van der Waals surface area contributed by atoms with Gasteiger partial charge in [-0.05, 0) is 43.6 Å². The molecule has 1 fully saturated rings. The number of carbonyl (C=O) groups is 1. The maximum atomic E-state index is 12.7. The molecule has 156 valence electrons. The maximum absolute atomic E-state index is 12.7. The van der Waals surface area contributed by atoms with Gasteiger partial charge in [0.05, 0.1) is 12.3 Å². The van der Waals surface area contributed by atoms with Crippen molar-refractivity contribution in [2.75, 3.05) is 25.9 Å². The first-order valence-electron chi connectivity index (χ1n) is 10.3. The second-order valence-corrected chi connectivity index (χ2v) is 8.52. The second kappa shape index (κ2) is 9.91. The zero-order valence-corrected chi connectivity index (χ0v) is 18.1. The van der Waals surface area contributed by atoms with Crippen LogP contribution in [0, 0.1) is 0 Å². The molecule has 0 atom stereocenters. The zero-order chi connectivity index (χ0) is 20.8. The van der Waals surface area contributed by atoms with E-state index in [4.69, 9.17) is 0 Å². The number of nitrogens with zero attached hydrogens (tertiary/aromatic N) is 5. The lowest BCUT2D eigenvalue weighted by molar-refractivity contribution is -0.127. The number of carbonyl (C=O) groups excluding carboxylic acids is 1. The first-order chi connectivity index (χ1) is 14.7. The third kappa shape index (κ3) is 5.09. The summed E-state index contributed by atoms with van der Waals surface area (Å²) in [6, 6.07) is 20.2. The van der Waals surface area contributed by atoms with Gasteiger partial charge in [0, 0.05) is 19.3 Å². The van der Waals surface area contributed by atoms with Crippen molar-refractivity contribution in [3.05, 3.63) is 72.1 Å². The number of amides is 1. The van der Waals surface area contributed by atoms with Crippen LogP contribution in [0.25, 0.3) is 5.69 Å². The van der Waals surface area contributed by atoms with Crippen LogP contribution in [-0.4, -0.2) is 56.4 Å². The number of likely N-dealkylation sites (tertiary alicyclic amines) is 1. The van der Waals surface area contributed by atoms with E-state index in [1.165, 1.54) is 24.6 Å². The number of hydrogen-bond acceptors (Lipinski definition) is 5. The highest BCUT2D eigenvalue weighted by molar-refractivity contribution is 7.99. The molecule has 3 aromatic rings. The van der Waals surface area contributed by atoms with Crippen molar-refractivity contribution in [2.45, 2.75) is 31.1 Å². The second-order valence-electron chi connectivity index (χ2n) is 7.58. The number of benzene rings is 2. The van der Waals surface area contributed by atoms with E-state index in [1.807, 2.05) is 55.6 Å². The molecule has 1 aliphatic heterocycles. The third-order valence-corrected chi connectivity index (χ3v) is 6.21. The SMILES string of the molecule is CN(Cc1ccccc1)C(=O)CSc1nnc(CN2CCCC2)n1-c1ccccc1. The molecule has 1 aliphatic rings. The minimum atomic E-state index is 0.0764. The minimum absolute atomic E-state index is 0.0764. The Morgan fingerprint density at radius 3 is 2.37 bits per heavy atom. The van der Waals surface area contributed by atoms with E-state index >= 15 is 0 Å². The van der Waals surface area contributed by atoms with E-state index in [1.54, 1.807) is 4.90 Å². The lowest BCUT2D eigenvalue weighted by atomic mass is 10.2. The molecule has 0 N–H and O–H groups in total. The highest BCUT2D eigenvalue weighted by Crippen LogP contribution is 2.24. The number of rotatable bonds is 8. The van der Waals surface area contributed by atoms with Gasteiger partial charge in [-0.15, -0.1) is 10.2 Å². The average Bonchev–Trinajstić information content (AvgIpc) is 3.43. The van der Waals surface area contributed by atoms with Gasteiger partial charge in [-0.3, -0.25) is 14.3 Å². The van der Waals surface area contributed by atoms with Gasteiger partial charge < -0.3 is 4.90 Å². The molecule has 0 unspecified atom stereocenters. The van der Waals surface area contributed by atoms with E-state index in [9.17, 15) is 4.79 Å². The summed E-state index contributed by atoms with van der Waals surface area (Å²) in [7, 11) is 1.84. The molecule has 0 radical (unpaired) electrons. The molecule has 0 aliphatic carbocycles. The number of aromatic nitrogens is 3. The average molecular weight is 422 g/mol. The third-order valence-electron chi connectivity index (χ3n) is 5.29. The molecule has 1 amide bonds. The van der Waals surface area contributed by atoms with E-state index in [2.05, 4.69) is 31.8 Å². The molecule has 4 rings (SSSR count). The fourth-order valence-corrected chi connectivity index (χ4v) is 4.57. The minimum Gasteiger partial charge on any atom is -0.341 e. The van der Waals surface area contributed by atoms with Crippen LogP contribution in [0.5, 0.6) is 0 Å². The molecule has 1 saturated heterocycles. The summed E-state index contributed by atoms with van der Waals surface area (Å²) in [5.74, 6) is 1.33. The first-order valence-corrected chi connectivity index (χ1v) is 11.3. The molecule has 1 aromatic heterocycles. The Hall–Kier alpha value is -2.64. The Morgan fingerprint density at radius 2 is 1.67 bits per heavy atom. The largest absolute Gasteiger partial charge is 0.341 e. The Kier molecular flexibility index (Phi) is 6.81.